The third-order valence-electron chi connectivity index (χ3n) is 5.95. The lowest BCUT2D eigenvalue weighted by Crippen LogP contribution is -2.34. The van der Waals surface area contributed by atoms with E-state index in [4.69, 9.17) is 4.99 Å². The van der Waals surface area contributed by atoms with Crippen LogP contribution in [0.1, 0.15) is 60.8 Å². The number of aliphatic imine (C=N–C) groups is 3. The Bertz CT molecular complexity index is 946. The summed E-state index contributed by atoms with van der Waals surface area (Å²) in [5, 5.41) is 0. The zero-order chi connectivity index (χ0) is 25.3. The molecule has 1 unspecified atom stereocenters. The van der Waals surface area contributed by atoms with Crippen LogP contribution in [-0.2, 0) is 0 Å². The van der Waals surface area contributed by atoms with Gasteiger partial charge in [0.2, 0.25) is 0 Å². The van der Waals surface area contributed by atoms with Gasteiger partial charge in [0.15, 0.2) is 0 Å². The van der Waals surface area contributed by atoms with Crippen molar-refractivity contribution >= 4 is 18.6 Å². The maximum Gasteiger partial charge on any atom is 0.147 e. The fraction of sp³-hybridized carbons (Fsp3) is 0.433. The van der Waals surface area contributed by atoms with E-state index in [1.165, 1.54) is 28.0 Å². The molecule has 0 amide bonds. The molecule has 0 saturated heterocycles. The number of hydrogen-bond acceptors (Lipinski definition) is 4. The molecule has 1 rings (SSSR count). The summed E-state index contributed by atoms with van der Waals surface area (Å²) in [6.45, 7) is 13.3. The third-order valence-corrected chi connectivity index (χ3v) is 5.95. The minimum atomic E-state index is -0.0570. The van der Waals surface area contributed by atoms with Crippen LogP contribution in [0.5, 0.6) is 0 Å². The number of likely N-dealkylation sites (N-methyl/N-ethyl adjacent to an activating group) is 1. The molecule has 4 heteroatoms. The largest absolute Gasteiger partial charge is 0.352 e. The molecule has 1 heterocycles. The van der Waals surface area contributed by atoms with Gasteiger partial charge < -0.3 is 4.90 Å². The first-order chi connectivity index (χ1) is 16.5. The summed E-state index contributed by atoms with van der Waals surface area (Å²) in [7, 11) is 3.89. The van der Waals surface area contributed by atoms with E-state index in [0.29, 0.717) is 6.54 Å². The highest BCUT2D eigenvalue weighted by atomic mass is 15.2. The summed E-state index contributed by atoms with van der Waals surface area (Å²) in [6.07, 6.45) is 25.9. The Hall–Kier alpha value is -3.01. The van der Waals surface area contributed by atoms with Crippen LogP contribution in [0.25, 0.3) is 0 Å². The monoisotopic (exact) mass is 460 g/mol. The molecule has 0 saturated carbocycles. The lowest BCUT2D eigenvalue weighted by atomic mass is 10.0. The van der Waals surface area contributed by atoms with Crippen LogP contribution in [0.3, 0.4) is 0 Å². The molecule has 0 radical (unpaired) electrons. The molecule has 0 aromatic heterocycles. The highest BCUT2D eigenvalue weighted by Crippen LogP contribution is 2.23. The summed E-state index contributed by atoms with van der Waals surface area (Å²) < 4.78 is 0. The maximum atomic E-state index is 4.81. The van der Waals surface area contributed by atoms with E-state index >= 15 is 0 Å². The van der Waals surface area contributed by atoms with Crippen LogP contribution in [0.4, 0.5) is 0 Å². The molecule has 0 bridgehead atoms. The van der Waals surface area contributed by atoms with Crippen molar-refractivity contribution in [3.05, 3.63) is 82.2 Å². The Morgan fingerprint density at radius 3 is 2.12 bits per heavy atom. The number of nitrogens with zero attached hydrogens (tertiary/aromatic N) is 4. The summed E-state index contributed by atoms with van der Waals surface area (Å²) in [6, 6.07) is 0. The predicted octanol–water partition coefficient (Wildman–Crippen LogP) is 7.46. The third kappa shape index (κ3) is 9.46. The molecule has 0 fully saturated rings. The van der Waals surface area contributed by atoms with Gasteiger partial charge in [-0.25, -0.2) is 0 Å². The Balaban J connectivity index is 3.11. The van der Waals surface area contributed by atoms with Gasteiger partial charge in [0.1, 0.15) is 6.17 Å². The average Bonchev–Trinajstić information content (AvgIpc) is 2.86. The van der Waals surface area contributed by atoms with Crippen LogP contribution in [0.2, 0.25) is 0 Å². The molecule has 1 aliphatic rings. The molecule has 1 atom stereocenters. The number of hydrogen-bond donors (Lipinski definition) is 0. The fourth-order valence-corrected chi connectivity index (χ4v) is 3.63. The highest BCUT2D eigenvalue weighted by Gasteiger charge is 2.21. The Morgan fingerprint density at radius 2 is 1.56 bits per heavy atom. The van der Waals surface area contributed by atoms with Gasteiger partial charge in [-0.1, -0.05) is 67.5 Å². The molecule has 1 aliphatic heterocycles. The van der Waals surface area contributed by atoms with E-state index < -0.39 is 0 Å². The van der Waals surface area contributed by atoms with Crippen molar-refractivity contribution in [1.82, 2.24) is 4.90 Å². The lowest BCUT2D eigenvalue weighted by molar-refractivity contribution is 0.346. The first-order valence-corrected chi connectivity index (χ1v) is 12.3. The van der Waals surface area contributed by atoms with Crippen molar-refractivity contribution in [2.24, 2.45) is 15.0 Å². The molecule has 0 aliphatic carbocycles. The second-order valence-corrected chi connectivity index (χ2v) is 8.11. The van der Waals surface area contributed by atoms with Crippen LogP contribution < -0.4 is 0 Å². The van der Waals surface area contributed by atoms with Crippen molar-refractivity contribution in [2.45, 2.75) is 67.0 Å². The molecule has 4 nitrogen and oxygen atoms in total. The zero-order valence-electron chi connectivity index (χ0n) is 22.5. The van der Waals surface area contributed by atoms with Crippen molar-refractivity contribution in [1.29, 1.82) is 0 Å². The minimum Gasteiger partial charge on any atom is -0.352 e. The normalized spacial score (nSPS) is 19.3. The first kappa shape index (κ1) is 29.0. The van der Waals surface area contributed by atoms with Crippen molar-refractivity contribution < 1.29 is 0 Å². The fourth-order valence-electron chi connectivity index (χ4n) is 3.63. The van der Waals surface area contributed by atoms with Crippen LogP contribution in [0.15, 0.2) is 97.1 Å². The van der Waals surface area contributed by atoms with E-state index in [1.807, 2.05) is 25.6 Å². The summed E-state index contributed by atoms with van der Waals surface area (Å²) >= 11 is 0. The van der Waals surface area contributed by atoms with Crippen molar-refractivity contribution in [3.63, 3.8) is 0 Å². The summed E-state index contributed by atoms with van der Waals surface area (Å²) in [4.78, 5) is 15.9. The molecule has 0 aromatic rings. The molecule has 184 valence electrons. The number of rotatable bonds is 12. The number of allylic oxidation sites excluding steroid dienone is 10. The second-order valence-electron chi connectivity index (χ2n) is 8.11. The van der Waals surface area contributed by atoms with Crippen molar-refractivity contribution in [2.75, 3.05) is 20.6 Å². The van der Waals surface area contributed by atoms with Gasteiger partial charge in [-0.2, -0.15) is 0 Å². The molecule has 34 heavy (non-hydrogen) atoms. The molecule has 0 N–H and O–H groups in total. The Labute approximate surface area is 208 Å². The average molecular weight is 461 g/mol. The van der Waals surface area contributed by atoms with Gasteiger partial charge in [-0.15, -0.1) is 0 Å². The Kier molecular flexibility index (Phi) is 14.2. The van der Waals surface area contributed by atoms with Gasteiger partial charge >= 0.3 is 0 Å². The van der Waals surface area contributed by atoms with Gasteiger partial charge in [0, 0.05) is 50.4 Å². The van der Waals surface area contributed by atoms with E-state index in [1.54, 1.807) is 7.05 Å². The molecule has 0 spiro atoms. The first-order valence-electron chi connectivity index (χ1n) is 12.3. The highest BCUT2D eigenvalue weighted by molar-refractivity contribution is 5.83. The van der Waals surface area contributed by atoms with Crippen molar-refractivity contribution in [3.8, 4) is 0 Å². The standard InChI is InChI=1S/C30H44N4/c1-9-24(10-2)15-16-26(13-5)21-32-22-27(19-25(11-3)12-4)20-29-17-18-33-30(34(29)8)28(14-6)23-31-7/h9,11,13-19,22-23,30H,10,12,20-21H2,1-8H3/b16-15-,24-9-,25-11+,26-13?,27-19-,28-14+,31-23?,32-22?. The van der Waals surface area contributed by atoms with Crippen LogP contribution in [0, 0.1) is 0 Å². The van der Waals surface area contributed by atoms with Gasteiger partial charge in [0.05, 0.1) is 6.54 Å². The topological polar surface area (TPSA) is 40.3 Å². The molecule has 0 aromatic carbocycles. The Morgan fingerprint density at radius 1 is 0.912 bits per heavy atom. The lowest BCUT2D eigenvalue weighted by Gasteiger charge is -2.32. The van der Waals surface area contributed by atoms with Gasteiger partial charge in [-0.05, 0) is 57.8 Å². The molecular weight excluding hydrogens is 416 g/mol. The summed E-state index contributed by atoms with van der Waals surface area (Å²) in [5.74, 6) is 0. The second kappa shape index (κ2) is 16.6. The van der Waals surface area contributed by atoms with E-state index in [9.17, 15) is 0 Å². The van der Waals surface area contributed by atoms with E-state index in [0.717, 1.165) is 24.8 Å². The quantitative estimate of drug-likeness (QED) is 0.220. The van der Waals surface area contributed by atoms with Crippen LogP contribution in [-0.4, -0.2) is 50.3 Å². The summed E-state index contributed by atoms with van der Waals surface area (Å²) in [5.41, 5.74) is 7.34. The van der Waals surface area contributed by atoms with Gasteiger partial charge in [0.25, 0.3) is 0 Å². The van der Waals surface area contributed by atoms with E-state index in [2.05, 4.69) is 105 Å². The maximum absolute atomic E-state index is 4.81. The minimum absolute atomic E-state index is 0.0570. The zero-order valence-corrected chi connectivity index (χ0v) is 22.5. The van der Waals surface area contributed by atoms with Crippen LogP contribution >= 0.6 is 0 Å². The predicted molar refractivity (Wildman–Crippen MR) is 153 cm³/mol. The smallest absolute Gasteiger partial charge is 0.147 e. The molecular formula is C30H44N4. The van der Waals surface area contributed by atoms with E-state index in [-0.39, 0.29) is 6.17 Å². The van der Waals surface area contributed by atoms with Gasteiger partial charge in [-0.3, -0.25) is 15.0 Å². The SMILES string of the molecule is CC=C(/C=C\C(=C/C)CC)CN=C/C(=C\C(=C\C)CC)CC1=CC=NC(/C(C=NC)=C/C)N1C.